The number of thiol groups is 1. The first kappa shape index (κ1) is 22.2. The SMILES string of the molecule is CC(N)C(=O)NC(C)C(=O)NC(C(=O)NC(CS)C(=O)O)C(C)C. The van der Waals surface area contributed by atoms with Crippen LogP contribution in [0.2, 0.25) is 0 Å². The summed E-state index contributed by atoms with van der Waals surface area (Å²) in [6, 6.07) is -3.77. The molecule has 0 fully saturated rings. The molecule has 0 aliphatic heterocycles. The van der Waals surface area contributed by atoms with Gasteiger partial charge in [0.15, 0.2) is 0 Å². The van der Waals surface area contributed by atoms with Gasteiger partial charge in [0.2, 0.25) is 17.7 Å². The van der Waals surface area contributed by atoms with E-state index >= 15 is 0 Å². The third-order valence-electron chi connectivity index (χ3n) is 3.21. The van der Waals surface area contributed by atoms with Crippen molar-refractivity contribution in [3.63, 3.8) is 0 Å². The quantitative estimate of drug-likeness (QED) is 0.274. The Labute approximate surface area is 146 Å². The first-order chi connectivity index (χ1) is 11.0. The molecule has 0 saturated heterocycles. The number of nitrogens with two attached hydrogens (primary N) is 1. The summed E-state index contributed by atoms with van der Waals surface area (Å²) >= 11 is 3.87. The van der Waals surface area contributed by atoms with Crippen molar-refractivity contribution in [3.8, 4) is 0 Å². The molecule has 0 bridgehead atoms. The van der Waals surface area contributed by atoms with Crippen LogP contribution in [-0.4, -0.2) is 58.7 Å². The van der Waals surface area contributed by atoms with Crippen LogP contribution in [0, 0.1) is 5.92 Å². The first-order valence-electron chi connectivity index (χ1n) is 7.51. The third-order valence-corrected chi connectivity index (χ3v) is 3.57. The standard InChI is InChI=1S/C14H26N4O5S/c1-6(2)10(13(21)17-9(5-24)14(22)23)18-12(20)8(4)16-11(19)7(3)15/h6-10,24H,5,15H2,1-4H3,(H,16,19)(H,17,21)(H,18,20)(H,22,23). The summed E-state index contributed by atoms with van der Waals surface area (Å²) < 4.78 is 0. The maximum absolute atomic E-state index is 12.2. The molecule has 4 unspecified atom stereocenters. The monoisotopic (exact) mass is 362 g/mol. The van der Waals surface area contributed by atoms with E-state index in [2.05, 4.69) is 28.6 Å². The lowest BCUT2D eigenvalue weighted by atomic mass is 10.0. The molecule has 0 heterocycles. The van der Waals surface area contributed by atoms with Crippen LogP contribution in [0.4, 0.5) is 0 Å². The molecule has 0 aromatic carbocycles. The van der Waals surface area contributed by atoms with Gasteiger partial charge in [0.05, 0.1) is 6.04 Å². The van der Waals surface area contributed by atoms with Gasteiger partial charge >= 0.3 is 5.97 Å². The molecular weight excluding hydrogens is 336 g/mol. The van der Waals surface area contributed by atoms with E-state index < -0.39 is 47.9 Å². The number of nitrogens with one attached hydrogen (secondary N) is 3. The summed E-state index contributed by atoms with van der Waals surface area (Å²) in [5, 5.41) is 16.2. The minimum Gasteiger partial charge on any atom is -0.480 e. The third kappa shape index (κ3) is 7.18. The van der Waals surface area contributed by atoms with E-state index in [0.717, 1.165) is 0 Å². The molecule has 3 amide bonds. The Morgan fingerprint density at radius 3 is 1.88 bits per heavy atom. The normalized spacial score (nSPS) is 15.8. The van der Waals surface area contributed by atoms with Crippen LogP contribution in [0.15, 0.2) is 0 Å². The Morgan fingerprint density at radius 1 is 0.958 bits per heavy atom. The average Bonchev–Trinajstić information content (AvgIpc) is 2.48. The van der Waals surface area contributed by atoms with Gasteiger partial charge < -0.3 is 26.8 Å². The molecule has 0 saturated carbocycles. The molecule has 24 heavy (non-hydrogen) atoms. The average molecular weight is 362 g/mol. The highest BCUT2D eigenvalue weighted by Gasteiger charge is 2.29. The smallest absolute Gasteiger partial charge is 0.327 e. The molecule has 0 aromatic rings. The number of hydrogen-bond donors (Lipinski definition) is 6. The van der Waals surface area contributed by atoms with Crippen LogP contribution >= 0.6 is 12.6 Å². The second-order valence-corrected chi connectivity index (χ2v) is 6.20. The van der Waals surface area contributed by atoms with E-state index in [0.29, 0.717) is 0 Å². The lowest BCUT2D eigenvalue weighted by Crippen LogP contribution is -2.57. The summed E-state index contributed by atoms with van der Waals surface area (Å²) in [4.78, 5) is 46.8. The van der Waals surface area contributed by atoms with Crippen molar-refractivity contribution in [1.29, 1.82) is 0 Å². The second-order valence-electron chi connectivity index (χ2n) is 5.83. The van der Waals surface area contributed by atoms with Gasteiger partial charge in [-0.2, -0.15) is 12.6 Å². The summed E-state index contributed by atoms with van der Waals surface area (Å²) in [5.74, 6) is -3.30. The van der Waals surface area contributed by atoms with Gasteiger partial charge in [0, 0.05) is 5.75 Å². The van der Waals surface area contributed by atoms with E-state index in [-0.39, 0.29) is 11.7 Å². The Kier molecular flexibility index (Phi) is 9.37. The minimum atomic E-state index is -1.22. The van der Waals surface area contributed by atoms with Crippen molar-refractivity contribution in [1.82, 2.24) is 16.0 Å². The molecule has 4 atom stereocenters. The molecule has 0 aliphatic carbocycles. The van der Waals surface area contributed by atoms with Crippen LogP contribution in [-0.2, 0) is 19.2 Å². The highest BCUT2D eigenvalue weighted by molar-refractivity contribution is 7.80. The molecule has 138 valence electrons. The van der Waals surface area contributed by atoms with Gasteiger partial charge in [-0.15, -0.1) is 0 Å². The number of carboxylic acid groups (broad SMARTS) is 1. The van der Waals surface area contributed by atoms with Crippen molar-refractivity contribution in [2.24, 2.45) is 11.7 Å². The number of carboxylic acids is 1. The van der Waals surface area contributed by atoms with Gasteiger partial charge in [0.25, 0.3) is 0 Å². The fourth-order valence-electron chi connectivity index (χ4n) is 1.67. The summed E-state index contributed by atoms with van der Waals surface area (Å²) in [7, 11) is 0. The number of carbonyl (C=O) groups is 4. The van der Waals surface area contributed by atoms with Crippen molar-refractivity contribution >= 4 is 36.3 Å². The van der Waals surface area contributed by atoms with E-state index in [1.165, 1.54) is 13.8 Å². The van der Waals surface area contributed by atoms with Crippen molar-refractivity contribution in [2.45, 2.75) is 51.9 Å². The van der Waals surface area contributed by atoms with Crippen molar-refractivity contribution < 1.29 is 24.3 Å². The number of carbonyl (C=O) groups excluding carboxylic acids is 3. The molecule has 6 N–H and O–H groups in total. The molecule has 0 radical (unpaired) electrons. The molecule has 10 heteroatoms. The Hall–Kier alpha value is -1.81. The van der Waals surface area contributed by atoms with E-state index in [9.17, 15) is 19.2 Å². The van der Waals surface area contributed by atoms with Gasteiger partial charge in [0.1, 0.15) is 18.1 Å². The summed E-state index contributed by atoms with van der Waals surface area (Å²) in [5.41, 5.74) is 5.41. The fraction of sp³-hybridized carbons (Fsp3) is 0.714. The maximum atomic E-state index is 12.2. The van der Waals surface area contributed by atoms with Crippen LogP contribution in [0.25, 0.3) is 0 Å². The zero-order chi connectivity index (χ0) is 19.0. The summed E-state index contributed by atoms with van der Waals surface area (Å²) in [6.45, 7) is 6.34. The lowest BCUT2D eigenvalue weighted by molar-refractivity contribution is -0.141. The van der Waals surface area contributed by atoms with Gasteiger partial charge in [-0.05, 0) is 19.8 Å². The topological polar surface area (TPSA) is 151 Å². The van der Waals surface area contributed by atoms with Crippen molar-refractivity contribution in [3.05, 3.63) is 0 Å². The highest BCUT2D eigenvalue weighted by Crippen LogP contribution is 2.04. The fourth-order valence-corrected chi connectivity index (χ4v) is 1.92. The minimum absolute atomic E-state index is 0.0827. The van der Waals surface area contributed by atoms with Crippen LogP contribution in [0.3, 0.4) is 0 Å². The molecule has 0 aromatic heterocycles. The zero-order valence-electron chi connectivity index (χ0n) is 14.2. The Bertz CT molecular complexity index is 484. The molecule has 0 spiro atoms. The predicted octanol–water partition coefficient (Wildman–Crippen LogP) is -1.52. The van der Waals surface area contributed by atoms with Crippen LogP contribution in [0.1, 0.15) is 27.7 Å². The molecule has 0 aliphatic rings. The lowest BCUT2D eigenvalue weighted by Gasteiger charge is -2.25. The van der Waals surface area contributed by atoms with Crippen LogP contribution in [0.5, 0.6) is 0 Å². The number of hydrogen-bond acceptors (Lipinski definition) is 6. The van der Waals surface area contributed by atoms with Gasteiger partial charge in [-0.25, -0.2) is 4.79 Å². The number of aliphatic carboxylic acids is 1. The second kappa shape index (κ2) is 10.1. The molecule has 0 rings (SSSR count). The molecule has 9 nitrogen and oxygen atoms in total. The van der Waals surface area contributed by atoms with E-state index in [1.807, 2.05) is 0 Å². The van der Waals surface area contributed by atoms with Crippen LogP contribution < -0.4 is 21.7 Å². The number of rotatable bonds is 9. The predicted molar refractivity (Wildman–Crippen MR) is 91.4 cm³/mol. The Morgan fingerprint density at radius 2 is 1.50 bits per heavy atom. The highest BCUT2D eigenvalue weighted by atomic mass is 32.1. The largest absolute Gasteiger partial charge is 0.480 e. The summed E-state index contributed by atoms with van der Waals surface area (Å²) in [6.07, 6.45) is 0. The van der Waals surface area contributed by atoms with E-state index in [4.69, 9.17) is 10.8 Å². The zero-order valence-corrected chi connectivity index (χ0v) is 15.1. The molecular formula is C14H26N4O5S. The van der Waals surface area contributed by atoms with Gasteiger partial charge in [-0.1, -0.05) is 13.8 Å². The first-order valence-corrected chi connectivity index (χ1v) is 8.14. The van der Waals surface area contributed by atoms with E-state index in [1.54, 1.807) is 13.8 Å². The maximum Gasteiger partial charge on any atom is 0.327 e. The van der Waals surface area contributed by atoms with Crippen molar-refractivity contribution in [2.75, 3.05) is 5.75 Å². The Balaban J connectivity index is 4.89. The van der Waals surface area contributed by atoms with Gasteiger partial charge in [-0.3, -0.25) is 14.4 Å². The number of amides is 3.